The summed E-state index contributed by atoms with van der Waals surface area (Å²) in [6.45, 7) is 1.47. The molecule has 0 saturated carbocycles. The van der Waals surface area contributed by atoms with Gasteiger partial charge in [0.25, 0.3) is 0 Å². The van der Waals surface area contributed by atoms with E-state index in [0.29, 0.717) is 17.1 Å². The lowest BCUT2D eigenvalue weighted by Gasteiger charge is -2.29. The highest BCUT2D eigenvalue weighted by atomic mass is 32.2. The van der Waals surface area contributed by atoms with Crippen LogP contribution in [0.5, 0.6) is 0 Å². The monoisotopic (exact) mass is 238 g/mol. The van der Waals surface area contributed by atoms with Gasteiger partial charge in [-0.1, -0.05) is 0 Å². The van der Waals surface area contributed by atoms with Gasteiger partial charge in [0.15, 0.2) is 0 Å². The van der Waals surface area contributed by atoms with Crippen LogP contribution in [0.4, 0.5) is 5.69 Å². The molecule has 2 heterocycles. The first-order chi connectivity index (χ1) is 7.68. The molecule has 1 aromatic heterocycles. The third-order valence-electron chi connectivity index (χ3n) is 2.61. The first kappa shape index (κ1) is 11.1. The van der Waals surface area contributed by atoms with Gasteiger partial charge >= 0.3 is 0 Å². The highest BCUT2D eigenvalue weighted by Crippen LogP contribution is 2.19. The molecule has 6 heteroatoms. The van der Waals surface area contributed by atoms with Crippen LogP contribution in [0.1, 0.15) is 5.56 Å². The Labute approximate surface area is 96.6 Å². The van der Waals surface area contributed by atoms with Crippen LogP contribution in [-0.4, -0.2) is 39.6 Å². The van der Waals surface area contributed by atoms with Crippen LogP contribution in [0, 0.1) is 5.41 Å². The number of pyridine rings is 1. The Kier molecular flexibility index (Phi) is 3.19. The van der Waals surface area contributed by atoms with E-state index in [9.17, 15) is 4.21 Å². The second-order valence-corrected chi connectivity index (χ2v) is 5.34. The zero-order valence-corrected chi connectivity index (χ0v) is 9.67. The summed E-state index contributed by atoms with van der Waals surface area (Å²) in [5, 5.41) is 7.50. The zero-order valence-electron chi connectivity index (χ0n) is 8.85. The van der Waals surface area contributed by atoms with Crippen LogP contribution in [0.25, 0.3) is 0 Å². The van der Waals surface area contributed by atoms with Crippen LogP contribution in [0.15, 0.2) is 18.5 Å². The number of nitrogens with zero attached hydrogens (tertiary/aromatic N) is 2. The summed E-state index contributed by atoms with van der Waals surface area (Å²) in [6.07, 6.45) is 3.34. The molecule has 0 unspecified atom stereocenters. The fraction of sp³-hybridized carbons (Fsp3) is 0.400. The molecule has 16 heavy (non-hydrogen) atoms. The second kappa shape index (κ2) is 4.61. The minimum absolute atomic E-state index is 0.0455. The number of nitrogens with two attached hydrogens (primary N) is 1. The average molecular weight is 238 g/mol. The third kappa shape index (κ3) is 2.21. The zero-order chi connectivity index (χ0) is 11.5. The number of amidine groups is 1. The van der Waals surface area contributed by atoms with E-state index in [2.05, 4.69) is 9.88 Å². The molecule has 1 fully saturated rings. The number of aromatic nitrogens is 1. The van der Waals surface area contributed by atoms with Crippen molar-refractivity contribution in [2.24, 2.45) is 5.73 Å². The largest absolute Gasteiger partial charge is 0.384 e. The number of nitrogens with one attached hydrogen (secondary N) is 1. The topological polar surface area (TPSA) is 83.1 Å². The molecule has 0 aliphatic carbocycles. The van der Waals surface area contributed by atoms with E-state index in [0.717, 1.165) is 18.8 Å². The molecule has 0 bridgehead atoms. The van der Waals surface area contributed by atoms with Gasteiger partial charge in [-0.3, -0.25) is 14.6 Å². The molecule has 86 valence electrons. The van der Waals surface area contributed by atoms with E-state index in [1.807, 2.05) is 0 Å². The Morgan fingerprint density at radius 2 is 2.19 bits per heavy atom. The van der Waals surface area contributed by atoms with Crippen molar-refractivity contribution in [3.63, 3.8) is 0 Å². The van der Waals surface area contributed by atoms with Crippen LogP contribution in [0.3, 0.4) is 0 Å². The molecule has 0 spiro atoms. The first-order valence-corrected chi connectivity index (χ1v) is 6.55. The molecular weight excluding hydrogens is 224 g/mol. The molecule has 0 atom stereocenters. The minimum Gasteiger partial charge on any atom is -0.384 e. The molecule has 1 aliphatic rings. The summed E-state index contributed by atoms with van der Waals surface area (Å²) >= 11 is 0. The maximum atomic E-state index is 11.3. The van der Waals surface area contributed by atoms with Gasteiger partial charge < -0.3 is 10.6 Å². The number of nitrogen functional groups attached to an aromatic ring is 1. The van der Waals surface area contributed by atoms with Crippen LogP contribution >= 0.6 is 0 Å². The van der Waals surface area contributed by atoms with Crippen LogP contribution in [0.2, 0.25) is 0 Å². The smallest absolute Gasteiger partial charge is 0.125 e. The van der Waals surface area contributed by atoms with Crippen LogP contribution in [-0.2, 0) is 10.8 Å². The summed E-state index contributed by atoms with van der Waals surface area (Å²) in [5.74, 6) is 1.39. The summed E-state index contributed by atoms with van der Waals surface area (Å²) < 4.78 is 11.3. The van der Waals surface area contributed by atoms with E-state index in [-0.39, 0.29) is 5.84 Å². The molecule has 0 aromatic carbocycles. The Morgan fingerprint density at radius 1 is 1.50 bits per heavy atom. The number of hydrogen-bond donors (Lipinski definition) is 2. The maximum Gasteiger partial charge on any atom is 0.125 e. The normalized spacial score (nSPS) is 17.4. The van der Waals surface area contributed by atoms with Gasteiger partial charge in [0.1, 0.15) is 5.84 Å². The molecule has 1 aromatic rings. The summed E-state index contributed by atoms with van der Waals surface area (Å²) in [7, 11) is -0.699. The number of anilines is 1. The molecular formula is C10H14N4OS. The van der Waals surface area contributed by atoms with Crippen molar-refractivity contribution in [3.05, 3.63) is 24.0 Å². The van der Waals surface area contributed by atoms with Crippen molar-refractivity contribution in [1.29, 1.82) is 5.41 Å². The van der Waals surface area contributed by atoms with Gasteiger partial charge in [-0.2, -0.15) is 0 Å². The SMILES string of the molecule is N=C(N)c1ccncc1N1CCS(=O)CC1. The second-order valence-electron chi connectivity index (χ2n) is 3.64. The fourth-order valence-electron chi connectivity index (χ4n) is 1.74. The Hall–Kier alpha value is -1.43. The van der Waals surface area contributed by atoms with Crippen molar-refractivity contribution in [2.45, 2.75) is 0 Å². The summed E-state index contributed by atoms with van der Waals surface area (Å²) in [4.78, 5) is 6.14. The van der Waals surface area contributed by atoms with E-state index in [1.165, 1.54) is 0 Å². The molecule has 0 amide bonds. The highest BCUT2D eigenvalue weighted by Gasteiger charge is 2.18. The molecule has 1 aliphatic heterocycles. The lowest BCUT2D eigenvalue weighted by Crippen LogP contribution is -2.38. The number of hydrogen-bond acceptors (Lipinski definition) is 4. The molecule has 2 rings (SSSR count). The third-order valence-corrected chi connectivity index (χ3v) is 3.88. The maximum absolute atomic E-state index is 11.3. The van der Waals surface area contributed by atoms with E-state index in [4.69, 9.17) is 11.1 Å². The molecule has 3 N–H and O–H groups in total. The van der Waals surface area contributed by atoms with E-state index >= 15 is 0 Å². The van der Waals surface area contributed by atoms with Gasteiger partial charge in [0.05, 0.1) is 11.9 Å². The van der Waals surface area contributed by atoms with Gasteiger partial charge in [0.2, 0.25) is 0 Å². The van der Waals surface area contributed by atoms with Crippen molar-refractivity contribution >= 4 is 22.3 Å². The van der Waals surface area contributed by atoms with Gasteiger partial charge in [-0.25, -0.2) is 0 Å². The van der Waals surface area contributed by atoms with Crippen molar-refractivity contribution < 1.29 is 4.21 Å². The Morgan fingerprint density at radius 3 is 2.81 bits per heavy atom. The van der Waals surface area contributed by atoms with Crippen molar-refractivity contribution in [3.8, 4) is 0 Å². The van der Waals surface area contributed by atoms with Gasteiger partial charge in [0, 0.05) is 47.2 Å². The predicted octanol–water partition coefficient (Wildman–Crippen LogP) is -0.0656. The van der Waals surface area contributed by atoms with Crippen molar-refractivity contribution in [1.82, 2.24) is 4.98 Å². The lowest BCUT2D eigenvalue weighted by molar-refractivity contribution is 0.673. The number of rotatable bonds is 2. The molecule has 5 nitrogen and oxygen atoms in total. The lowest BCUT2D eigenvalue weighted by atomic mass is 10.2. The average Bonchev–Trinajstić information content (AvgIpc) is 2.30. The molecule has 1 saturated heterocycles. The quantitative estimate of drug-likeness (QED) is 0.558. The first-order valence-electron chi connectivity index (χ1n) is 5.07. The summed E-state index contributed by atoms with van der Waals surface area (Å²) in [5.41, 5.74) is 7.08. The van der Waals surface area contributed by atoms with Gasteiger partial charge in [-0.15, -0.1) is 0 Å². The van der Waals surface area contributed by atoms with E-state index < -0.39 is 10.8 Å². The highest BCUT2D eigenvalue weighted by molar-refractivity contribution is 7.85. The standard InChI is InChI=1S/C10H14N4OS/c11-10(12)8-1-2-13-7-9(8)14-3-5-16(15)6-4-14/h1-2,7H,3-6H2,(H3,11,12). The predicted molar refractivity (Wildman–Crippen MR) is 65.3 cm³/mol. The van der Waals surface area contributed by atoms with E-state index in [1.54, 1.807) is 18.5 Å². The summed E-state index contributed by atoms with van der Waals surface area (Å²) in [6, 6.07) is 1.74. The minimum atomic E-state index is -0.699. The van der Waals surface area contributed by atoms with Crippen LogP contribution < -0.4 is 10.6 Å². The molecule has 0 radical (unpaired) electrons. The fourth-order valence-corrected chi connectivity index (χ4v) is 2.80. The Balaban J connectivity index is 2.26. The van der Waals surface area contributed by atoms with Gasteiger partial charge in [-0.05, 0) is 6.07 Å². The Bertz CT molecular complexity index is 425. The van der Waals surface area contributed by atoms with Crippen molar-refractivity contribution in [2.75, 3.05) is 29.5 Å².